The topological polar surface area (TPSA) is 9.23 Å². The molecule has 0 amide bonds. The van der Waals surface area contributed by atoms with Gasteiger partial charge in [0, 0.05) is 6.42 Å². The van der Waals surface area contributed by atoms with Crippen LogP contribution in [0, 0.1) is 0 Å². The first kappa shape index (κ1) is 8.24. The first-order valence-electron chi connectivity index (χ1n) is 3.45. The monoisotopic (exact) mass is 160 g/mol. The smallest absolute Gasteiger partial charge is 0.196 e. The lowest BCUT2D eigenvalue weighted by molar-refractivity contribution is 0.254. The lowest BCUT2D eigenvalue weighted by Crippen LogP contribution is -2.00. The molecule has 0 atom stereocenters. The largest absolute Gasteiger partial charge is 0.498 e. The van der Waals surface area contributed by atoms with Gasteiger partial charge in [0.25, 0.3) is 0 Å². The summed E-state index contributed by atoms with van der Waals surface area (Å²) in [6.45, 7) is 1.58. The Bertz CT molecular complexity index is 228. The van der Waals surface area contributed by atoms with Crippen molar-refractivity contribution in [3.63, 3.8) is 0 Å². The van der Waals surface area contributed by atoms with Gasteiger partial charge in [0.2, 0.25) is 0 Å². The molecule has 0 aliphatic heterocycles. The third-order valence-electron chi connectivity index (χ3n) is 1.79. The molecule has 0 radical (unpaired) electrons. The molecule has 1 aliphatic carbocycles. The van der Waals surface area contributed by atoms with Crippen LogP contribution in [-0.4, -0.2) is 7.11 Å². The van der Waals surface area contributed by atoms with Crippen LogP contribution < -0.4 is 0 Å². The highest BCUT2D eigenvalue weighted by Gasteiger charge is 2.20. The zero-order valence-corrected chi connectivity index (χ0v) is 6.58. The van der Waals surface area contributed by atoms with Crippen LogP contribution in [0.25, 0.3) is 0 Å². The zero-order valence-electron chi connectivity index (χ0n) is 6.58. The molecule has 0 spiro atoms. The van der Waals surface area contributed by atoms with Crippen LogP contribution in [0.5, 0.6) is 0 Å². The van der Waals surface area contributed by atoms with Crippen LogP contribution in [-0.2, 0) is 4.74 Å². The molecule has 62 valence electrons. The van der Waals surface area contributed by atoms with Crippen molar-refractivity contribution in [2.45, 2.75) is 19.8 Å². The van der Waals surface area contributed by atoms with Gasteiger partial charge >= 0.3 is 0 Å². The average Bonchev–Trinajstić information content (AvgIpc) is 2.01. The van der Waals surface area contributed by atoms with E-state index in [-0.39, 0.29) is 5.76 Å². The molecule has 0 unspecified atom stereocenters. The minimum atomic E-state index is -0.837. The van der Waals surface area contributed by atoms with Crippen LogP contribution in [0.4, 0.5) is 8.78 Å². The second-order valence-electron chi connectivity index (χ2n) is 2.54. The summed E-state index contributed by atoms with van der Waals surface area (Å²) in [6.07, 6.45) is 1.00. The van der Waals surface area contributed by atoms with E-state index in [9.17, 15) is 8.78 Å². The number of halogens is 2. The molecular formula is C8H10F2O. The maximum absolute atomic E-state index is 12.8. The van der Waals surface area contributed by atoms with E-state index in [1.807, 2.05) is 0 Å². The van der Waals surface area contributed by atoms with Crippen molar-refractivity contribution in [1.82, 2.24) is 0 Å². The van der Waals surface area contributed by atoms with Gasteiger partial charge in [-0.05, 0) is 18.9 Å². The van der Waals surface area contributed by atoms with Gasteiger partial charge in [-0.1, -0.05) is 0 Å². The molecule has 1 nitrogen and oxygen atoms in total. The third kappa shape index (κ3) is 1.42. The fourth-order valence-electron chi connectivity index (χ4n) is 1.02. The summed E-state index contributed by atoms with van der Waals surface area (Å²) in [6, 6.07) is 0. The highest BCUT2D eigenvalue weighted by Crippen LogP contribution is 2.31. The lowest BCUT2D eigenvalue weighted by Gasteiger charge is -2.13. The van der Waals surface area contributed by atoms with E-state index in [1.165, 1.54) is 7.11 Å². The number of rotatable bonds is 1. The molecule has 0 heterocycles. The van der Waals surface area contributed by atoms with E-state index in [2.05, 4.69) is 4.74 Å². The summed E-state index contributed by atoms with van der Waals surface area (Å²) in [5, 5.41) is 0. The molecule has 0 saturated heterocycles. The van der Waals surface area contributed by atoms with Gasteiger partial charge in [0.05, 0.1) is 7.11 Å². The van der Waals surface area contributed by atoms with Crippen molar-refractivity contribution >= 4 is 0 Å². The molecule has 0 N–H and O–H groups in total. The predicted molar refractivity (Wildman–Crippen MR) is 38.2 cm³/mol. The van der Waals surface area contributed by atoms with Gasteiger partial charge in [-0.2, -0.15) is 0 Å². The molecule has 3 heteroatoms. The van der Waals surface area contributed by atoms with Gasteiger partial charge < -0.3 is 4.74 Å². The minimum Gasteiger partial charge on any atom is -0.498 e. The second-order valence-corrected chi connectivity index (χ2v) is 2.54. The Morgan fingerprint density at radius 3 is 2.36 bits per heavy atom. The van der Waals surface area contributed by atoms with E-state index in [4.69, 9.17) is 0 Å². The Kier molecular flexibility index (Phi) is 2.27. The molecule has 0 aromatic rings. The molecule has 0 fully saturated rings. The van der Waals surface area contributed by atoms with E-state index in [0.29, 0.717) is 18.4 Å². The zero-order chi connectivity index (χ0) is 8.43. The van der Waals surface area contributed by atoms with E-state index >= 15 is 0 Å². The van der Waals surface area contributed by atoms with E-state index < -0.39 is 11.7 Å². The first-order chi connectivity index (χ1) is 5.16. The highest BCUT2D eigenvalue weighted by atomic mass is 19.2. The number of methoxy groups -OCH3 is 1. The summed E-state index contributed by atoms with van der Waals surface area (Å²) < 4.78 is 30.2. The molecule has 0 bridgehead atoms. The molecular weight excluding hydrogens is 150 g/mol. The normalized spacial score (nSPS) is 19.3. The van der Waals surface area contributed by atoms with E-state index in [0.717, 1.165) is 0 Å². The summed E-state index contributed by atoms with van der Waals surface area (Å²) in [4.78, 5) is 0. The van der Waals surface area contributed by atoms with Crippen LogP contribution in [0.2, 0.25) is 0 Å². The van der Waals surface area contributed by atoms with Gasteiger partial charge in [-0.3, -0.25) is 0 Å². The molecule has 0 aromatic carbocycles. The van der Waals surface area contributed by atoms with Crippen molar-refractivity contribution in [3.8, 4) is 0 Å². The van der Waals surface area contributed by atoms with Crippen molar-refractivity contribution in [3.05, 3.63) is 23.0 Å². The predicted octanol–water partition coefficient (Wildman–Crippen LogP) is 2.85. The molecule has 0 saturated carbocycles. The fraction of sp³-hybridized carbons (Fsp3) is 0.500. The Morgan fingerprint density at radius 2 is 1.82 bits per heavy atom. The number of hydrogen-bond acceptors (Lipinski definition) is 1. The van der Waals surface area contributed by atoms with Crippen molar-refractivity contribution in [2.75, 3.05) is 7.11 Å². The summed E-state index contributed by atoms with van der Waals surface area (Å²) in [7, 11) is 1.35. The summed E-state index contributed by atoms with van der Waals surface area (Å²) in [5.41, 5.74) is 0.461. The van der Waals surface area contributed by atoms with Crippen molar-refractivity contribution in [2.24, 2.45) is 0 Å². The van der Waals surface area contributed by atoms with Gasteiger partial charge in [-0.25, -0.2) is 8.78 Å². The molecule has 1 rings (SSSR count). The average molecular weight is 160 g/mol. The SMILES string of the molecule is COC1=C(F)C(F)=C(C)CC1. The first-order valence-corrected chi connectivity index (χ1v) is 3.45. The van der Waals surface area contributed by atoms with Crippen LogP contribution in [0.3, 0.4) is 0 Å². The van der Waals surface area contributed by atoms with Crippen LogP contribution in [0.15, 0.2) is 23.0 Å². The molecule has 0 aromatic heterocycles. The Labute approximate surface area is 64.4 Å². The quantitative estimate of drug-likeness (QED) is 0.573. The Morgan fingerprint density at radius 1 is 1.18 bits per heavy atom. The van der Waals surface area contributed by atoms with Crippen molar-refractivity contribution in [1.29, 1.82) is 0 Å². The second kappa shape index (κ2) is 3.03. The third-order valence-corrected chi connectivity index (χ3v) is 1.79. The Balaban J connectivity index is 2.98. The summed E-state index contributed by atoms with van der Waals surface area (Å²) >= 11 is 0. The van der Waals surface area contributed by atoms with Gasteiger partial charge in [0.15, 0.2) is 11.7 Å². The standard InChI is InChI=1S/C8H10F2O/c1-5-3-4-6(11-2)8(10)7(5)9/h3-4H2,1-2H3. The molecule has 11 heavy (non-hydrogen) atoms. The van der Waals surface area contributed by atoms with Gasteiger partial charge in [0.1, 0.15) is 5.76 Å². The minimum absolute atomic E-state index is 0.119. The van der Waals surface area contributed by atoms with Crippen molar-refractivity contribution < 1.29 is 13.5 Å². The van der Waals surface area contributed by atoms with Crippen LogP contribution in [0.1, 0.15) is 19.8 Å². The van der Waals surface area contributed by atoms with E-state index in [1.54, 1.807) is 6.92 Å². The number of ether oxygens (including phenoxy) is 1. The van der Waals surface area contributed by atoms with Gasteiger partial charge in [-0.15, -0.1) is 0 Å². The van der Waals surface area contributed by atoms with Crippen LogP contribution >= 0.6 is 0 Å². The maximum Gasteiger partial charge on any atom is 0.196 e. The highest BCUT2D eigenvalue weighted by molar-refractivity contribution is 5.30. The number of hydrogen-bond donors (Lipinski definition) is 0. The lowest BCUT2D eigenvalue weighted by atomic mass is 10.0. The summed E-state index contributed by atoms with van der Waals surface area (Å²) in [5.74, 6) is -1.47. The number of allylic oxidation sites excluding steroid dienone is 4. The maximum atomic E-state index is 12.8. The molecule has 1 aliphatic rings. The Hall–Kier alpha value is -0.860. The fourth-order valence-corrected chi connectivity index (χ4v) is 1.02.